The van der Waals surface area contributed by atoms with Crippen molar-refractivity contribution in [3.63, 3.8) is 0 Å². The number of likely N-dealkylation sites (N-methyl/N-ethyl adjacent to an activating group) is 1. The van der Waals surface area contributed by atoms with Gasteiger partial charge in [-0.05, 0) is 51.2 Å². The topological polar surface area (TPSA) is 54.3 Å². The summed E-state index contributed by atoms with van der Waals surface area (Å²) in [6.45, 7) is 4.22. The van der Waals surface area contributed by atoms with Crippen molar-refractivity contribution in [1.82, 2.24) is 9.47 Å². The molecule has 2 aromatic rings. The highest BCUT2D eigenvalue weighted by molar-refractivity contribution is 6.30. The SMILES string of the molecule is Cc1cc(C(=O)CN(C)CC(=O)Nc2ccc(Cl)cc2)c(C)n1C. The number of aromatic nitrogens is 1. The summed E-state index contributed by atoms with van der Waals surface area (Å²) < 4.78 is 1.99. The molecule has 1 aromatic heterocycles. The van der Waals surface area contributed by atoms with Crippen molar-refractivity contribution < 1.29 is 9.59 Å². The van der Waals surface area contributed by atoms with Gasteiger partial charge < -0.3 is 9.88 Å². The van der Waals surface area contributed by atoms with Crippen LogP contribution in [-0.4, -0.2) is 41.3 Å². The number of rotatable bonds is 6. The van der Waals surface area contributed by atoms with Crippen LogP contribution in [0.2, 0.25) is 5.02 Å². The second-order valence-electron chi connectivity index (χ2n) is 5.99. The molecule has 24 heavy (non-hydrogen) atoms. The second kappa shape index (κ2) is 7.64. The first-order valence-corrected chi connectivity index (χ1v) is 8.06. The van der Waals surface area contributed by atoms with Gasteiger partial charge in [0.05, 0.1) is 13.1 Å². The van der Waals surface area contributed by atoms with Crippen molar-refractivity contribution in [3.05, 3.63) is 52.3 Å². The van der Waals surface area contributed by atoms with E-state index in [9.17, 15) is 9.59 Å². The average molecular weight is 348 g/mol. The maximum absolute atomic E-state index is 12.4. The summed E-state index contributed by atoms with van der Waals surface area (Å²) in [6.07, 6.45) is 0. The number of carbonyl (C=O) groups is 2. The van der Waals surface area contributed by atoms with Gasteiger partial charge in [0.25, 0.3) is 0 Å². The lowest BCUT2D eigenvalue weighted by Crippen LogP contribution is -2.34. The fourth-order valence-electron chi connectivity index (χ4n) is 2.50. The lowest BCUT2D eigenvalue weighted by atomic mass is 10.1. The number of amides is 1. The normalized spacial score (nSPS) is 10.9. The average Bonchev–Trinajstić information content (AvgIpc) is 2.77. The van der Waals surface area contributed by atoms with Crippen molar-refractivity contribution in [1.29, 1.82) is 0 Å². The highest BCUT2D eigenvalue weighted by atomic mass is 35.5. The van der Waals surface area contributed by atoms with Gasteiger partial charge in [-0.3, -0.25) is 14.5 Å². The summed E-state index contributed by atoms with van der Waals surface area (Å²) in [5.41, 5.74) is 3.37. The predicted molar refractivity (Wildman–Crippen MR) is 96.8 cm³/mol. The highest BCUT2D eigenvalue weighted by Crippen LogP contribution is 2.15. The van der Waals surface area contributed by atoms with Crippen molar-refractivity contribution in [3.8, 4) is 0 Å². The molecule has 0 bridgehead atoms. The molecular formula is C18H22ClN3O2. The molecule has 0 radical (unpaired) electrons. The van der Waals surface area contributed by atoms with E-state index in [0.29, 0.717) is 16.3 Å². The molecular weight excluding hydrogens is 326 g/mol. The number of hydrogen-bond acceptors (Lipinski definition) is 3. The molecule has 6 heteroatoms. The number of nitrogens with one attached hydrogen (secondary N) is 1. The van der Waals surface area contributed by atoms with Crippen LogP contribution in [0.4, 0.5) is 5.69 Å². The van der Waals surface area contributed by atoms with Gasteiger partial charge in [-0.25, -0.2) is 0 Å². The Bertz CT molecular complexity index is 750. The Morgan fingerprint density at radius 1 is 1.17 bits per heavy atom. The summed E-state index contributed by atoms with van der Waals surface area (Å²) in [5, 5.41) is 3.40. The third-order valence-electron chi connectivity index (χ3n) is 4.03. The van der Waals surface area contributed by atoms with E-state index in [-0.39, 0.29) is 24.8 Å². The number of halogens is 1. The maximum Gasteiger partial charge on any atom is 0.238 e. The molecule has 0 aliphatic heterocycles. The van der Waals surface area contributed by atoms with Crippen molar-refractivity contribution in [2.24, 2.45) is 7.05 Å². The fourth-order valence-corrected chi connectivity index (χ4v) is 2.63. The molecule has 1 aromatic carbocycles. The van der Waals surface area contributed by atoms with E-state index in [4.69, 9.17) is 11.6 Å². The van der Waals surface area contributed by atoms with Gasteiger partial charge in [0.2, 0.25) is 5.91 Å². The standard InChI is InChI=1S/C18H22ClN3O2/c1-12-9-16(13(2)22(12)4)17(23)10-21(3)11-18(24)20-15-7-5-14(19)6-8-15/h5-9H,10-11H2,1-4H3,(H,20,24). The molecule has 2 rings (SSSR count). The van der Waals surface area contributed by atoms with Gasteiger partial charge in [0.15, 0.2) is 5.78 Å². The van der Waals surface area contributed by atoms with Crippen LogP contribution < -0.4 is 5.32 Å². The van der Waals surface area contributed by atoms with Gasteiger partial charge in [0.1, 0.15) is 0 Å². The molecule has 0 atom stereocenters. The Kier molecular flexibility index (Phi) is 5.80. The van der Waals surface area contributed by atoms with Crippen LogP contribution in [0.3, 0.4) is 0 Å². The van der Waals surface area contributed by atoms with Crippen LogP contribution in [0.25, 0.3) is 0 Å². The summed E-state index contributed by atoms with van der Waals surface area (Å²) in [4.78, 5) is 26.2. The summed E-state index contributed by atoms with van der Waals surface area (Å²) in [5.74, 6) is -0.161. The van der Waals surface area contributed by atoms with Crippen LogP contribution in [-0.2, 0) is 11.8 Å². The number of hydrogen-bond donors (Lipinski definition) is 1. The molecule has 0 aliphatic rings. The number of benzene rings is 1. The van der Waals surface area contributed by atoms with Crippen LogP contribution in [0.1, 0.15) is 21.7 Å². The van der Waals surface area contributed by atoms with Crippen LogP contribution in [0, 0.1) is 13.8 Å². The van der Waals surface area contributed by atoms with Crippen molar-refractivity contribution >= 4 is 29.0 Å². The lowest BCUT2D eigenvalue weighted by Gasteiger charge is -2.15. The number of nitrogens with zero attached hydrogens (tertiary/aromatic N) is 2. The minimum Gasteiger partial charge on any atom is -0.351 e. The summed E-state index contributed by atoms with van der Waals surface area (Å²) in [7, 11) is 3.69. The van der Waals surface area contributed by atoms with Crippen LogP contribution in [0.5, 0.6) is 0 Å². The molecule has 0 saturated carbocycles. The molecule has 1 amide bonds. The first-order chi connectivity index (χ1) is 11.3. The van der Waals surface area contributed by atoms with Crippen molar-refractivity contribution in [2.75, 3.05) is 25.5 Å². The lowest BCUT2D eigenvalue weighted by molar-refractivity contribution is -0.116. The predicted octanol–water partition coefficient (Wildman–Crippen LogP) is 3.05. The third kappa shape index (κ3) is 4.46. The first kappa shape index (κ1) is 18.2. The Hall–Kier alpha value is -2.11. The first-order valence-electron chi connectivity index (χ1n) is 7.68. The van der Waals surface area contributed by atoms with Gasteiger partial charge in [-0.1, -0.05) is 11.6 Å². The smallest absolute Gasteiger partial charge is 0.238 e. The number of aryl methyl sites for hydroxylation is 1. The van der Waals surface area contributed by atoms with Crippen LogP contribution in [0.15, 0.2) is 30.3 Å². The zero-order valence-electron chi connectivity index (χ0n) is 14.4. The molecule has 0 fully saturated rings. The van der Waals surface area contributed by atoms with Crippen LogP contribution >= 0.6 is 11.6 Å². The van der Waals surface area contributed by atoms with E-state index in [2.05, 4.69) is 5.32 Å². The number of carbonyl (C=O) groups excluding carboxylic acids is 2. The minimum atomic E-state index is -0.173. The van der Waals surface area contributed by atoms with E-state index in [1.165, 1.54) is 0 Å². The molecule has 1 N–H and O–H groups in total. The number of Topliss-reactive ketones (excluding diaryl/α,β-unsaturated/α-hetero) is 1. The Balaban J connectivity index is 1.91. The van der Waals surface area contributed by atoms with Gasteiger partial charge in [-0.15, -0.1) is 0 Å². The molecule has 0 aliphatic carbocycles. The molecule has 1 heterocycles. The van der Waals surface area contributed by atoms with Gasteiger partial charge in [0, 0.05) is 34.7 Å². The Labute approximate surface area is 147 Å². The maximum atomic E-state index is 12.4. The second-order valence-corrected chi connectivity index (χ2v) is 6.43. The third-order valence-corrected chi connectivity index (χ3v) is 4.28. The largest absolute Gasteiger partial charge is 0.351 e. The highest BCUT2D eigenvalue weighted by Gasteiger charge is 2.17. The fraction of sp³-hybridized carbons (Fsp3) is 0.333. The van der Waals surface area contributed by atoms with E-state index in [1.807, 2.05) is 31.5 Å². The zero-order valence-corrected chi connectivity index (χ0v) is 15.1. The molecule has 5 nitrogen and oxygen atoms in total. The molecule has 0 saturated heterocycles. The molecule has 0 spiro atoms. The zero-order chi connectivity index (χ0) is 17.9. The molecule has 128 valence electrons. The van der Waals surface area contributed by atoms with E-state index in [1.54, 1.807) is 36.2 Å². The molecule has 0 unspecified atom stereocenters. The monoisotopic (exact) mass is 347 g/mol. The Morgan fingerprint density at radius 3 is 2.33 bits per heavy atom. The van der Waals surface area contributed by atoms with Crippen molar-refractivity contribution in [2.45, 2.75) is 13.8 Å². The van der Waals surface area contributed by atoms with E-state index < -0.39 is 0 Å². The van der Waals surface area contributed by atoms with E-state index >= 15 is 0 Å². The minimum absolute atomic E-state index is 0.0120. The Morgan fingerprint density at radius 2 is 1.79 bits per heavy atom. The number of ketones is 1. The summed E-state index contributed by atoms with van der Waals surface area (Å²) in [6, 6.07) is 8.79. The quantitative estimate of drug-likeness (QED) is 0.817. The van der Waals surface area contributed by atoms with Gasteiger partial charge in [-0.2, -0.15) is 0 Å². The number of anilines is 1. The van der Waals surface area contributed by atoms with Gasteiger partial charge >= 0.3 is 0 Å². The van der Waals surface area contributed by atoms with E-state index in [0.717, 1.165) is 11.4 Å². The summed E-state index contributed by atoms with van der Waals surface area (Å²) >= 11 is 5.81.